The molecule has 2 rings (SSSR count). The monoisotopic (exact) mass is 324 g/mol. The lowest BCUT2D eigenvalue weighted by Gasteiger charge is -2.15. The van der Waals surface area contributed by atoms with Crippen molar-refractivity contribution in [2.24, 2.45) is 0 Å². The van der Waals surface area contributed by atoms with Crippen LogP contribution in [0.4, 0.5) is 5.69 Å². The number of benzene rings is 2. The lowest BCUT2D eigenvalue weighted by atomic mass is 10.1. The molecule has 0 spiro atoms. The first-order chi connectivity index (χ1) is 9.85. The van der Waals surface area contributed by atoms with E-state index in [0.717, 1.165) is 5.56 Å². The Morgan fingerprint density at radius 3 is 2.24 bits per heavy atom. The van der Waals surface area contributed by atoms with E-state index in [1.807, 2.05) is 0 Å². The summed E-state index contributed by atoms with van der Waals surface area (Å²) in [7, 11) is -3.43. The predicted octanol–water partition coefficient (Wildman–Crippen LogP) is 3.10. The maximum atomic E-state index is 12.2. The van der Waals surface area contributed by atoms with Gasteiger partial charge in [-0.2, -0.15) is 0 Å². The van der Waals surface area contributed by atoms with Crippen LogP contribution in [0.15, 0.2) is 48.5 Å². The first kappa shape index (κ1) is 15.8. The molecule has 0 aliphatic rings. The van der Waals surface area contributed by atoms with E-state index in [-0.39, 0.29) is 11.8 Å². The molecular weight excluding hydrogens is 308 g/mol. The van der Waals surface area contributed by atoms with Gasteiger partial charge >= 0.3 is 0 Å². The lowest BCUT2D eigenvalue weighted by Crippen LogP contribution is -2.28. The number of halogens is 1. The van der Waals surface area contributed by atoms with Crippen LogP contribution in [0.5, 0.6) is 0 Å². The molecule has 0 aliphatic heterocycles. The molecule has 0 fully saturated rings. The van der Waals surface area contributed by atoms with Crippen molar-refractivity contribution in [2.75, 3.05) is 5.73 Å². The summed E-state index contributed by atoms with van der Waals surface area (Å²) in [5.41, 5.74) is 7.75. The van der Waals surface area contributed by atoms with Crippen LogP contribution >= 0.6 is 11.6 Å². The van der Waals surface area contributed by atoms with Gasteiger partial charge in [0.05, 0.1) is 5.75 Å². The Labute approximate surface area is 130 Å². The molecule has 1 unspecified atom stereocenters. The Hall–Kier alpha value is -1.56. The number of sulfonamides is 1. The van der Waals surface area contributed by atoms with E-state index >= 15 is 0 Å². The van der Waals surface area contributed by atoms with Gasteiger partial charge in [0.1, 0.15) is 0 Å². The quantitative estimate of drug-likeness (QED) is 0.830. The van der Waals surface area contributed by atoms with Crippen LogP contribution in [0.1, 0.15) is 24.1 Å². The molecule has 112 valence electrons. The molecule has 0 heterocycles. The molecule has 0 aliphatic carbocycles. The molecule has 6 heteroatoms. The molecule has 0 radical (unpaired) electrons. The van der Waals surface area contributed by atoms with Crippen LogP contribution in [0.3, 0.4) is 0 Å². The number of nitrogens with two attached hydrogens (primary N) is 1. The van der Waals surface area contributed by atoms with Crippen molar-refractivity contribution in [3.63, 3.8) is 0 Å². The number of rotatable bonds is 5. The third-order valence-electron chi connectivity index (χ3n) is 3.06. The molecule has 2 aromatic carbocycles. The Morgan fingerprint density at radius 1 is 1.10 bits per heavy atom. The summed E-state index contributed by atoms with van der Waals surface area (Å²) >= 11 is 5.82. The van der Waals surface area contributed by atoms with Crippen LogP contribution in [0, 0.1) is 0 Å². The van der Waals surface area contributed by atoms with Gasteiger partial charge in [0.15, 0.2) is 0 Å². The molecule has 3 N–H and O–H groups in total. The first-order valence-electron chi connectivity index (χ1n) is 6.45. The van der Waals surface area contributed by atoms with E-state index in [9.17, 15) is 8.42 Å². The second kappa shape index (κ2) is 6.47. The molecule has 0 amide bonds. The fraction of sp³-hybridized carbons (Fsp3) is 0.200. The number of hydrogen-bond donors (Lipinski definition) is 2. The summed E-state index contributed by atoms with van der Waals surface area (Å²) in [6, 6.07) is 13.6. The van der Waals surface area contributed by atoms with E-state index in [0.29, 0.717) is 16.3 Å². The number of nitrogens with one attached hydrogen (secondary N) is 1. The third kappa shape index (κ3) is 4.74. The highest BCUT2D eigenvalue weighted by atomic mass is 35.5. The fourth-order valence-corrected chi connectivity index (χ4v) is 3.48. The smallest absolute Gasteiger partial charge is 0.216 e. The lowest BCUT2D eigenvalue weighted by molar-refractivity contribution is 0.566. The van der Waals surface area contributed by atoms with Crippen LogP contribution in [-0.4, -0.2) is 8.42 Å². The molecule has 0 saturated heterocycles. The van der Waals surface area contributed by atoms with Gasteiger partial charge in [-0.3, -0.25) is 0 Å². The highest BCUT2D eigenvalue weighted by Gasteiger charge is 2.16. The summed E-state index contributed by atoms with van der Waals surface area (Å²) in [6.07, 6.45) is 0. The van der Waals surface area contributed by atoms with Gasteiger partial charge in [-0.15, -0.1) is 0 Å². The van der Waals surface area contributed by atoms with Crippen molar-refractivity contribution in [1.29, 1.82) is 0 Å². The molecule has 2 aromatic rings. The Balaban J connectivity index is 2.06. The average Bonchev–Trinajstić information content (AvgIpc) is 2.41. The van der Waals surface area contributed by atoms with Gasteiger partial charge in [0, 0.05) is 16.8 Å². The normalized spacial score (nSPS) is 13.0. The second-order valence-electron chi connectivity index (χ2n) is 4.89. The zero-order valence-corrected chi connectivity index (χ0v) is 13.2. The molecule has 1 atom stereocenters. The van der Waals surface area contributed by atoms with Crippen molar-refractivity contribution < 1.29 is 8.42 Å². The van der Waals surface area contributed by atoms with Gasteiger partial charge in [-0.25, -0.2) is 13.1 Å². The number of hydrogen-bond acceptors (Lipinski definition) is 3. The first-order valence-corrected chi connectivity index (χ1v) is 8.49. The van der Waals surface area contributed by atoms with Gasteiger partial charge in [0.25, 0.3) is 0 Å². The van der Waals surface area contributed by atoms with Crippen molar-refractivity contribution in [2.45, 2.75) is 18.7 Å². The fourth-order valence-electron chi connectivity index (χ4n) is 1.96. The zero-order valence-electron chi connectivity index (χ0n) is 11.6. The molecule has 0 bridgehead atoms. The van der Waals surface area contributed by atoms with Gasteiger partial charge in [-0.05, 0) is 42.3 Å². The molecular formula is C15H17ClN2O2S. The summed E-state index contributed by atoms with van der Waals surface area (Å²) in [5.74, 6) is -0.0782. The Bertz CT molecular complexity index is 697. The molecule has 0 saturated carbocycles. The Kier molecular flexibility index (Phi) is 4.88. The van der Waals surface area contributed by atoms with E-state index in [4.69, 9.17) is 17.3 Å². The van der Waals surface area contributed by atoms with Crippen LogP contribution < -0.4 is 10.5 Å². The molecule has 4 nitrogen and oxygen atoms in total. The largest absolute Gasteiger partial charge is 0.399 e. The topological polar surface area (TPSA) is 72.2 Å². The van der Waals surface area contributed by atoms with Crippen molar-refractivity contribution in [1.82, 2.24) is 4.72 Å². The maximum Gasteiger partial charge on any atom is 0.216 e. The summed E-state index contributed by atoms with van der Waals surface area (Å²) in [4.78, 5) is 0. The SMILES string of the molecule is CC(NS(=O)(=O)Cc1ccc(N)cc1)c1ccc(Cl)cc1. The number of nitrogen functional groups attached to an aromatic ring is 1. The minimum Gasteiger partial charge on any atom is -0.399 e. The van der Waals surface area contributed by atoms with E-state index in [1.165, 1.54) is 0 Å². The van der Waals surface area contributed by atoms with Gasteiger partial charge in [0.2, 0.25) is 10.0 Å². The van der Waals surface area contributed by atoms with Crippen molar-refractivity contribution >= 4 is 27.3 Å². The third-order valence-corrected chi connectivity index (χ3v) is 4.74. The van der Waals surface area contributed by atoms with Crippen LogP contribution in [0.25, 0.3) is 0 Å². The predicted molar refractivity (Wildman–Crippen MR) is 86.5 cm³/mol. The van der Waals surface area contributed by atoms with E-state index in [1.54, 1.807) is 55.5 Å². The second-order valence-corrected chi connectivity index (χ2v) is 7.08. The average molecular weight is 325 g/mol. The molecule has 0 aromatic heterocycles. The minimum absolute atomic E-state index is 0.0782. The Morgan fingerprint density at radius 2 is 1.67 bits per heavy atom. The van der Waals surface area contributed by atoms with E-state index in [2.05, 4.69) is 4.72 Å². The van der Waals surface area contributed by atoms with E-state index < -0.39 is 10.0 Å². The van der Waals surface area contributed by atoms with Crippen LogP contribution in [-0.2, 0) is 15.8 Å². The summed E-state index contributed by atoms with van der Waals surface area (Å²) in [5, 5.41) is 0.621. The maximum absolute atomic E-state index is 12.2. The van der Waals surface area contributed by atoms with Gasteiger partial charge in [-0.1, -0.05) is 35.9 Å². The minimum atomic E-state index is -3.43. The van der Waals surface area contributed by atoms with Crippen molar-refractivity contribution in [3.05, 3.63) is 64.7 Å². The molecule has 21 heavy (non-hydrogen) atoms. The highest BCUT2D eigenvalue weighted by Crippen LogP contribution is 2.18. The summed E-state index contributed by atoms with van der Waals surface area (Å²) < 4.78 is 27.0. The summed E-state index contributed by atoms with van der Waals surface area (Å²) in [6.45, 7) is 1.80. The van der Waals surface area contributed by atoms with Gasteiger partial charge < -0.3 is 5.73 Å². The van der Waals surface area contributed by atoms with Crippen molar-refractivity contribution in [3.8, 4) is 0 Å². The highest BCUT2D eigenvalue weighted by molar-refractivity contribution is 7.88. The number of anilines is 1. The zero-order chi connectivity index (χ0) is 15.5. The standard InChI is InChI=1S/C15H17ClN2O2S/c1-11(13-4-6-14(16)7-5-13)18-21(19,20)10-12-2-8-15(17)9-3-12/h2-9,11,18H,10,17H2,1H3. The van der Waals surface area contributed by atoms with Crippen LogP contribution in [0.2, 0.25) is 5.02 Å².